The zero-order chi connectivity index (χ0) is 15.1. The van der Waals surface area contributed by atoms with Crippen LogP contribution in [0.4, 0.5) is 0 Å². The first-order valence-electron chi connectivity index (χ1n) is 6.89. The highest BCUT2D eigenvalue weighted by atomic mass is 79.9. The summed E-state index contributed by atoms with van der Waals surface area (Å²) in [6, 6.07) is 4.52. The fraction of sp³-hybridized carbons (Fsp3) is 0.625. The second-order valence-electron chi connectivity index (χ2n) is 6.56. The molecule has 20 heavy (non-hydrogen) atoms. The molecule has 0 amide bonds. The number of hydrogen-bond donors (Lipinski definition) is 1. The molecule has 1 fully saturated rings. The topological polar surface area (TPSA) is 30.5 Å². The highest BCUT2D eigenvalue weighted by Gasteiger charge is 2.64. The van der Waals surface area contributed by atoms with Crippen LogP contribution in [0.25, 0.3) is 0 Å². The summed E-state index contributed by atoms with van der Waals surface area (Å²) in [5, 5.41) is 3.66. The first-order valence-corrected chi connectivity index (χ1v) is 7.68. The molecule has 0 heterocycles. The van der Waals surface area contributed by atoms with Crippen molar-refractivity contribution in [3.8, 4) is 11.5 Å². The molecule has 0 unspecified atom stereocenters. The quantitative estimate of drug-likeness (QED) is 0.878. The number of nitrogens with one attached hydrogen (secondary N) is 1. The van der Waals surface area contributed by atoms with Crippen LogP contribution in [0.3, 0.4) is 0 Å². The van der Waals surface area contributed by atoms with Crippen LogP contribution in [0.5, 0.6) is 11.5 Å². The highest BCUT2D eigenvalue weighted by Crippen LogP contribution is 2.62. The molecule has 1 aromatic carbocycles. The van der Waals surface area contributed by atoms with E-state index < -0.39 is 0 Å². The predicted molar refractivity (Wildman–Crippen MR) is 85.4 cm³/mol. The second-order valence-corrected chi connectivity index (χ2v) is 7.41. The van der Waals surface area contributed by atoms with Crippen molar-refractivity contribution >= 4 is 15.9 Å². The van der Waals surface area contributed by atoms with E-state index >= 15 is 0 Å². The molecule has 0 saturated heterocycles. The monoisotopic (exact) mass is 341 g/mol. The van der Waals surface area contributed by atoms with Gasteiger partial charge in [0.1, 0.15) is 0 Å². The molecule has 0 atom stereocenters. The lowest BCUT2D eigenvalue weighted by Gasteiger charge is -2.13. The summed E-state index contributed by atoms with van der Waals surface area (Å²) in [5.41, 5.74) is 1.87. The lowest BCUT2D eigenvalue weighted by molar-refractivity contribution is 0.354. The van der Waals surface area contributed by atoms with Crippen molar-refractivity contribution in [2.45, 2.75) is 40.3 Å². The van der Waals surface area contributed by atoms with Crippen molar-refractivity contribution in [2.24, 2.45) is 10.8 Å². The zero-order valence-corrected chi connectivity index (χ0v) is 14.7. The molecule has 1 aliphatic rings. The van der Waals surface area contributed by atoms with E-state index in [9.17, 15) is 0 Å². The van der Waals surface area contributed by atoms with Crippen LogP contribution in [0.2, 0.25) is 0 Å². The third-order valence-electron chi connectivity index (χ3n) is 5.07. The average Bonchev–Trinajstić information content (AvgIpc) is 2.78. The number of ether oxygens (including phenoxy) is 2. The second kappa shape index (κ2) is 5.23. The summed E-state index contributed by atoms with van der Waals surface area (Å²) in [4.78, 5) is 0. The fourth-order valence-corrected chi connectivity index (χ4v) is 3.41. The Bertz CT molecular complexity index is 497. The van der Waals surface area contributed by atoms with Crippen molar-refractivity contribution < 1.29 is 9.47 Å². The van der Waals surface area contributed by atoms with E-state index in [1.54, 1.807) is 14.2 Å². The molecule has 3 nitrogen and oxygen atoms in total. The van der Waals surface area contributed by atoms with Gasteiger partial charge in [-0.05, 0) is 28.5 Å². The Labute approximate surface area is 130 Å². The number of benzene rings is 1. The maximum absolute atomic E-state index is 5.36. The van der Waals surface area contributed by atoms with Gasteiger partial charge in [-0.1, -0.05) is 43.6 Å². The molecule has 1 N–H and O–H groups in total. The van der Waals surface area contributed by atoms with E-state index in [1.807, 2.05) is 12.1 Å². The minimum absolute atomic E-state index is 0.343. The van der Waals surface area contributed by atoms with Crippen molar-refractivity contribution in [3.63, 3.8) is 0 Å². The predicted octanol–water partition coefficient (Wildman–Crippen LogP) is 3.99. The normalized spacial score (nSPS) is 19.8. The summed E-state index contributed by atoms with van der Waals surface area (Å²) in [7, 11) is 3.31. The van der Waals surface area contributed by atoms with Gasteiger partial charge in [-0.3, -0.25) is 0 Å². The van der Waals surface area contributed by atoms with Crippen LogP contribution < -0.4 is 14.8 Å². The maximum Gasteiger partial charge on any atom is 0.161 e. The van der Waals surface area contributed by atoms with E-state index in [2.05, 4.69) is 48.9 Å². The van der Waals surface area contributed by atoms with Crippen LogP contribution in [0.1, 0.15) is 33.3 Å². The van der Waals surface area contributed by atoms with Crippen LogP contribution in [0.15, 0.2) is 16.6 Å². The van der Waals surface area contributed by atoms with Crippen molar-refractivity contribution in [1.29, 1.82) is 0 Å². The number of methoxy groups -OCH3 is 2. The summed E-state index contributed by atoms with van der Waals surface area (Å²) >= 11 is 3.60. The van der Waals surface area contributed by atoms with Gasteiger partial charge in [-0.2, -0.15) is 0 Å². The number of hydrogen-bond acceptors (Lipinski definition) is 3. The van der Waals surface area contributed by atoms with E-state index in [0.717, 1.165) is 22.5 Å². The molecule has 0 radical (unpaired) electrons. The van der Waals surface area contributed by atoms with Crippen LogP contribution in [0, 0.1) is 10.8 Å². The van der Waals surface area contributed by atoms with Gasteiger partial charge in [-0.25, -0.2) is 0 Å². The van der Waals surface area contributed by atoms with E-state index in [-0.39, 0.29) is 0 Å². The summed E-state index contributed by atoms with van der Waals surface area (Å²) in [5.74, 6) is 1.51. The summed E-state index contributed by atoms with van der Waals surface area (Å²) in [6.45, 7) is 10.1. The summed E-state index contributed by atoms with van der Waals surface area (Å²) in [6.07, 6.45) is 0. The van der Waals surface area contributed by atoms with E-state index in [4.69, 9.17) is 9.47 Å². The molecular weight excluding hydrogens is 318 g/mol. The largest absolute Gasteiger partial charge is 0.493 e. The van der Waals surface area contributed by atoms with E-state index in [1.165, 1.54) is 5.56 Å². The first kappa shape index (κ1) is 15.6. The third kappa shape index (κ3) is 2.44. The van der Waals surface area contributed by atoms with Gasteiger partial charge in [0, 0.05) is 17.1 Å². The Balaban J connectivity index is 2.11. The minimum atomic E-state index is 0.343. The third-order valence-corrected chi connectivity index (χ3v) is 5.81. The molecule has 112 valence electrons. The Hall–Kier alpha value is -0.740. The fourth-order valence-electron chi connectivity index (χ4n) is 2.95. The maximum atomic E-state index is 5.36. The molecular formula is C16H24BrNO2. The van der Waals surface area contributed by atoms with Gasteiger partial charge < -0.3 is 14.8 Å². The Morgan fingerprint density at radius 2 is 1.55 bits per heavy atom. The van der Waals surface area contributed by atoms with Gasteiger partial charge in [0.05, 0.1) is 14.2 Å². The van der Waals surface area contributed by atoms with Gasteiger partial charge in [0.15, 0.2) is 11.5 Å². The van der Waals surface area contributed by atoms with Crippen molar-refractivity contribution in [2.75, 3.05) is 14.2 Å². The minimum Gasteiger partial charge on any atom is -0.493 e. The number of halogens is 1. The lowest BCUT2D eigenvalue weighted by atomic mass is 10.0. The molecule has 1 saturated carbocycles. The summed E-state index contributed by atoms with van der Waals surface area (Å²) < 4.78 is 11.7. The molecule has 2 rings (SSSR count). The number of rotatable bonds is 5. The van der Waals surface area contributed by atoms with Crippen LogP contribution in [-0.4, -0.2) is 20.3 Å². The van der Waals surface area contributed by atoms with E-state index in [0.29, 0.717) is 16.9 Å². The molecule has 1 aliphatic carbocycles. The molecule has 0 bridgehead atoms. The average molecular weight is 342 g/mol. The zero-order valence-electron chi connectivity index (χ0n) is 13.1. The molecule has 0 aromatic heterocycles. The Kier molecular flexibility index (Phi) is 4.09. The molecule has 4 heteroatoms. The van der Waals surface area contributed by atoms with Crippen LogP contribution >= 0.6 is 15.9 Å². The smallest absolute Gasteiger partial charge is 0.161 e. The lowest BCUT2D eigenvalue weighted by Crippen LogP contribution is -2.22. The van der Waals surface area contributed by atoms with Gasteiger partial charge >= 0.3 is 0 Å². The first-order chi connectivity index (χ1) is 9.25. The standard InChI is InChI=1S/C16H24BrNO2/c1-15(2)14(16(15,3)4)18-9-10-7-12(19-5)13(20-6)8-11(10)17/h7-8,14,18H,9H2,1-6H3. The molecule has 0 spiro atoms. The van der Waals surface area contributed by atoms with Crippen LogP contribution in [-0.2, 0) is 6.54 Å². The van der Waals surface area contributed by atoms with Gasteiger partial charge in [0.25, 0.3) is 0 Å². The highest BCUT2D eigenvalue weighted by molar-refractivity contribution is 9.10. The van der Waals surface area contributed by atoms with Crippen molar-refractivity contribution in [3.05, 3.63) is 22.2 Å². The van der Waals surface area contributed by atoms with Gasteiger partial charge in [-0.15, -0.1) is 0 Å². The SMILES string of the molecule is COc1cc(Br)c(CNC2C(C)(C)C2(C)C)cc1OC. The molecule has 0 aliphatic heterocycles. The van der Waals surface area contributed by atoms with Crippen molar-refractivity contribution in [1.82, 2.24) is 5.32 Å². The van der Waals surface area contributed by atoms with Gasteiger partial charge in [0.2, 0.25) is 0 Å². The Morgan fingerprint density at radius 1 is 1.05 bits per heavy atom. The molecule has 1 aromatic rings. The Morgan fingerprint density at radius 3 is 2.00 bits per heavy atom.